The Labute approximate surface area is 162 Å². The summed E-state index contributed by atoms with van der Waals surface area (Å²) in [5.74, 6) is 0.738. The molecule has 8 heteroatoms. The van der Waals surface area contributed by atoms with Gasteiger partial charge in [0, 0.05) is 30.2 Å². The molecule has 0 radical (unpaired) electrons. The summed E-state index contributed by atoms with van der Waals surface area (Å²) in [6.07, 6.45) is 0. The van der Waals surface area contributed by atoms with Crippen LogP contribution >= 0.6 is 11.8 Å². The van der Waals surface area contributed by atoms with Crippen molar-refractivity contribution < 1.29 is 14.3 Å². The summed E-state index contributed by atoms with van der Waals surface area (Å²) in [6.45, 7) is 6.16. The number of aromatic nitrogens is 2. The van der Waals surface area contributed by atoms with Crippen LogP contribution < -0.4 is 10.6 Å². The number of rotatable bonds is 5. The second kappa shape index (κ2) is 8.14. The molecule has 2 aromatic rings. The number of benzene rings is 1. The lowest BCUT2D eigenvalue weighted by molar-refractivity contribution is -0.136. The van der Waals surface area contributed by atoms with Gasteiger partial charge in [-0.15, -0.1) is 0 Å². The second-order valence-corrected chi connectivity index (χ2v) is 7.74. The van der Waals surface area contributed by atoms with E-state index in [2.05, 4.69) is 21.8 Å². The maximum atomic E-state index is 12.5. The van der Waals surface area contributed by atoms with Gasteiger partial charge in [-0.05, 0) is 32.4 Å². The molecule has 3 rings (SSSR count). The van der Waals surface area contributed by atoms with Crippen molar-refractivity contribution in [2.45, 2.75) is 38.3 Å². The van der Waals surface area contributed by atoms with Crippen molar-refractivity contribution in [3.05, 3.63) is 40.6 Å². The molecular formula is C19H24N4O3S. The number of methoxy groups -OCH3 is 1. The average molecular weight is 388 g/mol. The minimum absolute atomic E-state index is 0.251. The largest absolute Gasteiger partial charge is 0.383 e. The van der Waals surface area contributed by atoms with Crippen molar-refractivity contribution in [2.75, 3.05) is 19.0 Å². The van der Waals surface area contributed by atoms with Crippen molar-refractivity contribution in [1.29, 1.82) is 0 Å². The summed E-state index contributed by atoms with van der Waals surface area (Å²) < 4.78 is 6.73. The van der Waals surface area contributed by atoms with Gasteiger partial charge in [0.25, 0.3) is 0 Å². The highest BCUT2D eigenvalue weighted by Crippen LogP contribution is 2.36. The molecule has 2 heterocycles. The molecule has 1 aromatic carbocycles. The van der Waals surface area contributed by atoms with Crippen LogP contribution in [0.3, 0.4) is 0 Å². The van der Waals surface area contributed by atoms with E-state index in [9.17, 15) is 9.59 Å². The monoisotopic (exact) mass is 388 g/mol. The zero-order valence-corrected chi connectivity index (χ0v) is 16.8. The summed E-state index contributed by atoms with van der Waals surface area (Å²) in [5.41, 5.74) is 5.03. The van der Waals surface area contributed by atoms with E-state index in [4.69, 9.17) is 4.74 Å². The number of hydrogen-bond donors (Lipinski definition) is 2. The maximum Gasteiger partial charge on any atom is 0.314 e. The van der Waals surface area contributed by atoms with Crippen LogP contribution in [-0.2, 0) is 25.8 Å². The SMILES string of the molecule is COC[C@H](C)NC(=O)C(=O)Nc1c2c(nn1-c1ccc(C)cc1C)CSC2. The van der Waals surface area contributed by atoms with E-state index in [1.165, 1.54) is 0 Å². The molecule has 7 nitrogen and oxygen atoms in total. The van der Waals surface area contributed by atoms with Gasteiger partial charge < -0.3 is 15.4 Å². The molecule has 2 amide bonds. The van der Waals surface area contributed by atoms with Gasteiger partial charge in [0.05, 0.1) is 18.0 Å². The molecule has 0 saturated carbocycles. The minimum Gasteiger partial charge on any atom is -0.383 e. The molecule has 1 aliphatic heterocycles. The fourth-order valence-corrected chi connectivity index (χ4v) is 4.14. The van der Waals surface area contributed by atoms with Gasteiger partial charge in [-0.25, -0.2) is 4.68 Å². The predicted molar refractivity (Wildman–Crippen MR) is 106 cm³/mol. The van der Waals surface area contributed by atoms with Crippen LogP contribution in [0.15, 0.2) is 18.2 Å². The predicted octanol–water partition coefficient (Wildman–Crippen LogP) is 2.33. The highest BCUT2D eigenvalue weighted by Gasteiger charge is 2.27. The Balaban J connectivity index is 1.89. The first-order valence-corrected chi connectivity index (χ1v) is 9.93. The van der Waals surface area contributed by atoms with Crippen LogP contribution in [0.1, 0.15) is 29.3 Å². The molecule has 0 bridgehead atoms. The fourth-order valence-electron chi connectivity index (χ4n) is 3.10. The summed E-state index contributed by atoms with van der Waals surface area (Å²) >= 11 is 1.74. The molecule has 144 valence electrons. The van der Waals surface area contributed by atoms with E-state index in [0.717, 1.165) is 39.6 Å². The van der Waals surface area contributed by atoms with E-state index in [-0.39, 0.29) is 6.04 Å². The molecule has 0 saturated heterocycles. The molecule has 0 unspecified atom stereocenters. The lowest BCUT2D eigenvalue weighted by atomic mass is 10.1. The number of amides is 2. The zero-order valence-electron chi connectivity index (χ0n) is 16.0. The highest BCUT2D eigenvalue weighted by molar-refractivity contribution is 7.98. The van der Waals surface area contributed by atoms with Crippen LogP contribution in [0.5, 0.6) is 0 Å². The number of hydrogen-bond acceptors (Lipinski definition) is 5. The topological polar surface area (TPSA) is 85.2 Å². The standard InChI is InChI=1S/C19H24N4O3S/c1-11-5-6-16(12(2)7-11)23-17(14-9-27-10-15(14)22-23)21-19(25)18(24)20-13(3)8-26-4/h5-7,13H,8-10H2,1-4H3,(H,20,24)(H,21,25)/t13-/m0/s1. The van der Waals surface area contributed by atoms with Crippen LogP contribution in [0.25, 0.3) is 5.69 Å². The first kappa shape index (κ1) is 19.4. The molecular weight excluding hydrogens is 364 g/mol. The first-order chi connectivity index (χ1) is 12.9. The number of carbonyl (C=O) groups excluding carboxylic acids is 2. The van der Waals surface area contributed by atoms with Crippen LogP contribution in [0.4, 0.5) is 5.82 Å². The van der Waals surface area contributed by atoms with E-state index < -0.39 is 11.8 Å². The molecule has 27 heavy (non-hydrogen) atoms. The highest BCUT2D eigenvalue weighted by atomic mass is 32.2. The van der Waals surface area contributed by atoms with Gasteiger partial charge in [0.15, 0.2) is 0 Å². The van der Waals surface area contributed by atoms with E-state index in [1.54, 1.807) is 30.5 Å². The maximum absolute atomic E-state index is 12.5. The Morgan fingerprint density at radius 2 is 2.07 bits per heavy atom. The van der Waals surface area contributed by atoms with Gasteiger partial charge in [-0.1, -0.05) is 17.7 Å². The Hall–Kier alpha value is -2.32. The third-order valence-corrected chi connectivity index (χ3v) is 5.34. The molecule has 1 aliphatic rings. The third-order valence-electron chi connectivity index (χ3n) is 4.36. The van der Waals surface area contributed by atoms with E-state index >= 15 is 0 Å². The van der Waals surface area contributed by atoms with Gasteiger partial charge in [-0.3, -0.25) is 9.59 Å². The fraction of sp³-hybridized carbons (Fsp3) is 0.421. The van der Waals surface area contributed by atoms with Crippen molar-refractivity contribution in [3.8, 4) is 5.69 Å². The summed E-state index contributed by atoms with van der Waals surface area (Å²) in [6, 6.07) is 5.81. The molecule has 1 atom stereocenters. The smallest absolute Gasteiger partial charge is 0.314 e. The summed E-state index contributed by atoms with van der Waals surface area (Å²) in [5, 5.41) is 10.1. The van der Waals surface area contributed by atoms with Gasteiger partial charge in [0.2, 0.25) is 0 Å². The van der Waals surface area contributed by atoms with Crippen molar-refractivity contribution in [3.63, 3.8) is 0 Å². The second-order valence-electron chi connectivity index (χ2n) is 6.75. The van der Waals surface area contributed by atoms with E-state index in [1.807, 2.05) is 26.0 Å². The zero-order chi connectivity index (χ0) is 19.6. The summed E-state index contributed by atoms with van der Waals surface area (Å²) in [4.78, 5) is 24.7. The number of aryl methyl sites for hydroxylation is 2. The quantitative estimate of drug-likeness (QED) is 0.768. The number of anilines is 1. The van der Waals surface area contributed by atoms with Crippen molar-refractivity contribution in [2.24, 2.45) is 0 Å². The number of fused-ring (bicyclic) bond motifs is 1. The number of thioether (sulfide) groups is 1. The molecule has 0 spiro atoms. The third kappa shape index (κ3) is 4.17. The minimum atomic E-state index is -0.705. The number of ether oxygens (including phenoxy) is 1. The lowest BCUT2D eigenvalue weighted by Crippen LogP contribution is -2.42. The lowest BCUT2D eigenvalue weighted by Gasteiger charge is -2.15. The Morgan fingerprint density at radius 1 is 1.30 bits per heavy atom. The van der Waals surface area contributed by atoms with Crippen LogP contribution in [0.2, 0.25) is 0 Å². The molecule has 0 aliphatic carbocycles. The Morgan fingerprint density at radius 3 is 2.78 bits per heavy atom. The number of nitrogens with one attached hydrogen (secondary N) is 2. The summed E-state index contributed by atoms with van der Waals surface area (Å²) in [7, 11) is 1.55. The van der Waals surface area contributed by atoms with Gasteiger partial charge >= 0.3 is 11.8 Å². The van der Waals surface area contributed by atoms with Gasteiger partial charge in [-0.2, -0.15) is 16.9 Å². The van der Waals surface area contributed by atoms with Crippen LogP contribution in [0, 0.1) is 13.8 Å². The van der Waals surface area contributed by atoms with Gasteiger partial charge in [0.1, 0.15) is 5.82 Å². The van der Waals surface area contributed by atoms with E-state index in [0.29, 0.717) is 12.4 Å². The van der Waals surface area contributed by atoms with Crippen molar-refractivity contribution >= 4 is 29.4 Å². The Bertz CT molecular complexity index is 878. The Kier molecular flexibility index (Phi) is 5.86. The normalized spacial score (nSPS) is 13.9. The molecule has 1 aromatic heterocycles. The van der Waals surface area contributed by atoms with Crippen LogP contribution in [-0.4, -0.2) is 41.4 Å². The number of nitrogens with zero attached hydrogens (tertiary/aromatic N) is 2. The average Bonchev–Trinajstić information content (AvgIpc) is 3.18. The molecule has 0 fully saturated rings. The number of carbonyl (C=O) groups is 2. The molecule has 2 N–H and O–H groups in total. The van der Waals surface area contributed by atoms with Crippen molar-refractivity contribution in [1.82, 2.24) is 15.1 Å². The first-order valence-electron chi connectivity index (χ1n) is 8.77.